The van der Waals surface area contributed by atoms with Crippen molar-refractivity contribution in [1.82, 2.24) is 0 Å². The molecule has 1 aromatic heterocycles. The van der Waals surface area contributed by atoms with Crippen molar-refractivity contribution in [2.45, 2.75) is 6.92 Å². The van der Waals surface area contributed by atoms with E-state index in [1.165, 1.54) is 13.2 Å². The molecular formula is C19H16ClNO3. The Morgan fingerprint density at radius 3 is 2.83 bits per heavy atom. The van der Waals surface area contributed by atoms with Gasteiger partial charge in [0.25, 0.3) is 0 Å². The van der Waals surface area contributed by atoms with Crippen molar-refractivity contribution in [2.24, 2.45) is 0 Å². The Morgan fingerprint density at radius 1 is 1.21 bits per heavy atom. The van der Waals surface area contributed by atoms with Gasteiger partial charge in [-0.15, -0.1) is 0 Å². The first-order valence-corrected chi connectivity index (χ1v) is 7.76. The van der Waals surface area contributed by atoms with Crippen LogP contribution in [0.4, 0.5) is 5.69 Å². The number of halogens is 1. The predicted octanol–water partition coefficient (Wildman–Crippen LogP) is 5.06. The van der Waals surface area contributed by atoms with E-state index in [4.69, 9.17) is 20.8 Å². The molecule has 1 amide bonds. The third-order valence-electron chi connectivity index (χ3n) is 3.51. The monoisotopic (exact) mass is 341 g/mol. The molecule has 0 fully saturated rings. The number of anilines is 1. The molecule has 0 saturated carbocycles. The summed E-state index contributed by atoms with van der Waals surface area (Å²) in [7, 11) is 1.53. The number of carbonyl (C=O) groups excluding carboxylic acids is 1. The molecule has 0 aliphatic heterocycles. The van der Waals surface area contributed by atoms with Gasteiger partial charge in [-0.25, -0.2) is 0 Å². The summed E-state index contributed by atoms with van der Waals surface area (Å²) in [5.74, 6) is 0.858. The number of benzene rings is 2. The number of methoxy groups -OCH3 is 1. The van der Waals surface area contributed by atoms with Crippen molar-refractivity contribution in [1.29, 1.82) is 0 Å². The summed E-state index contributed by atoms with van der Waals surface area (Å²) in [5, 5.41) is 4.25. The SMILES string of the molecule is COc1ccc(Cl)cc1NC(=O)C=Cc1cc2ccc(C)cc2o1. The standard InChI is InChI=1S/C19H16ClNO3/c1-12-3-4-13-10-15(24-18(13)9-12)6-8-19(22)21-16-11-14(20)5-7-17(16)23-2/h3-11H,1-2H3,(H,21,22). The summed E-state index contributed by atoms with van der Waals surface area (Å²) in [6.07, 6.45) is 3.03. The van der Waals surface area contributed by atoms with Crippen LogP contribution >= 0.6 is 11.6 Å². The van der Waals surface area contributed by atoms with Crippen LogP contribution in [0.5, 0.6) is 5.75 Å². The second-order valence-electron chi connectivity index (χ2n) is 5.36. The molecule has 0 aliphatic carbocycles. The van der Waals surface area contributed by atoms with Crippen LogP contribution in [0.15, 0.2) is 53.0 Å². The zero-order valence-corrected chi connectivity index (χ0v) is 14.1. The molecule has 3 aromatic rings. The highest BCUT2D eigenvalue weighted by molar-refractivity contribution is 6.31. The third kappa shape index (κ3) is 3.60. The van der Waals surface area contributed by atoms with E-state index in [0.717, 1.165) is 16.5 Å². The Labute approximate surface area is 144 Å². The lowest BCUT2D eigenvalue weighted by molar-refractivity contribution is -0.111. The van der Waals surface area contributed by atoms with E-state index >= 15 is 0 Å². The van der Waals surface area contributed by atoms with Crippen LogP contribution in [0.25, 0.3) is 17.0 Å². The smallest absolute Gasteiger partial charge is 0.248 e. The maximum absolute atomic E-state index is 12.1. The van der Waals surface area contributed by atoms with Crippen LogP contribution in [0.3, 0.4) is 0 Å². The number of furan rings is 1. The molecule has 0 radical (unpaired) electrons. The number of hydrogen-bond acceptors (Lipinski definition) is 3. The van der Waals surface area contributed by atoms with E-state index in [-0.39, 0.29) is 5.91 Å². The Hall–Kier alpha value is -2.72. The fraction of sp³-hybridized carbons (Fsp3) is 0.105. The van der Waals surface area contributed by atoms with Crippen LogP contribution in [0, 0.1) is 6.92 Å². The highest BCUT2D eigenvalue weighted by Crippen LogP contribution is 2.27. The van der Waals surface area contributed by atoms with Crippen molar-refractivity contribution >= 4 is 40.2 Å². The minimum Gasteiger partial charge on any atom is -0.495 e. The molecular weight excluding hydrogens is 326 g/mol. The molecule has 0 atom stereocenters. The summed E-state index contributed by atoms with van der Waals surface area (Å²) in [5.41, 5.74) is 2.43. The molecule has 1 heterocycles. The van der Waals surface area contributed by atoms with Gasteiger partial charge in [0.2, 0.25) is 5.91 Å². The zero-order chi connectivity index (χ0) is 17.1. The van der Waals surface area contributed by atoms with Gasteiger partial charge in [-0.05, 0) is 48.9 Å². The Balaban J connectivity index is 1.76. The van der Waals surface area contributed by atoms with E-state index in [0.29, 0.717) is 22.2 Å². The van der Waals surface area contributed by atoms with Gasteiger partial charge in [0.05, 0.1) is 12.8 Å². The normalized spacial score (nSPS) is 11.1. The number of aryl methyl sites for hydroxylation is 1. The molecule has 4 nitrogen and oxygen atoms in total. The molecule has 1 N–H and O–H groups in total. The third-order valence-corrected chi connectivity index (χ3v) is 3.75. The molecule has 3 rings (SSSR count). The van der Waals surface area contributed by atoms with Crippen molar-refractivity contribution in [3.05, 3.63) is 64.9 Å². The van der Waals surface area contributed by atoms with Crippen LogP contribution in [0.1, 0.15) is 11.3 Å². The average Bonchev–Trinajstić information content (AvgIpc) is 2.95. The summed E-state index contributed by atoms with van der Waals surface area (Å²) in [6.45, 7) is 2.00. The van der Waals surface area contributed by atoms with E-state index < -0.39 is 0 Å². The second-order valence-corrected chi connectivity index (χ2v) is 5.79. The van der Waals surface area contributed by atoms with Gasteiger partial charge < -0.3 is 14.5 Å². The van der Waals surface area contributed by atoms with Crippen molar-refractivity contribution < 1.29 is 13.9 Å². The molecule has 0 unspecified atom stereocenters. The first-order valence-electron chi connectivity index (χ1n) is 7.38. The maximum Gasteiger partial charge on any atom is 0.248 e. The summed E-state index contributed by atoms with van der Waals surface area (Å²) in [4.78, 5) is 12.1. The van der Waals surface area contributed by atoms with Crippen LogP contribution in [0.2, 0.25) is 5.02 Å². The first-order chi connectivity index (χ1) is 11.5. The van der Waals surface area contributed by atoms with Crippen molar-refractivity contribution in [3.8, 4) is 5.75 Å². The van der Waals surface area contributed by atoms with Gasteiger partial charge in [0.1, 0.15) is 17.1 Å². The van der Waals surface area contributed by atoms with Crippen LogP contribution in [-0.2, 0) is 4.79 Å². The van der Waals surface area contributed by atoms with Gasteiger partial charge in [0, 0.05) is 16.5 Å². The molecule has 0 bridgehead atoms. The number of nitrogens with one attached hydrogen (secondary N) is 1. The molecule has 2 aromatic carbocycles. The quantitative estimate of drug-likeness (QED) is 0.675. The van der Waals surface area contributed by atoms with Gasteiger partial charge in [0.15, 0.2) is 0 Å². The molecule has 122 valence electrons. The largest absolute Gasteiger partial charge is 0.495 e. The average molecular weight is 342 g/mol. The Kier molecular flexibility index (Phi) is 4.58. The van der Waals surface area contributed by atoms with E-state index in [1.807, 2.05) is 31.2 Å². The lowest BCUT2D eigenvalue weighted by atomic mass is 10.2. The topological polar surface area (TPSA) is 51.5 Å². The molecule has 0 saturated heterocycles. The predicted molar refractivity (Wildman–Crippen MR) is 96.6 cm³/mol. The Bertz CT molecular complexity index is 928. The summed E-state index contributed by atoms with van der Waals surface area (Å²) in [6, 6.07) is 12.9. The van der Waals surface area contributed by atoms with E-state index in [1.54, 1.807) is 24.3 Å². The van der Waals surface area contributed by atoms with Gasteiger partial charge in [-0.2, -0.15) is 0 Å². The van der Waals surface area contributed by atoms with Gasteiger partial charge in [-0.3, -0.25) is 4.79 Å². The number of amides is 1. The molecule has 0 spiro atoms. The van der Waals surface area contributed by atoms with E-state index in [2.05, 4.69) is 5.32 Å². The number of fused-ring (bicyclic) bond motifs is 1. The lowest BCUT2D eigenvalue weighted by Gasteiger charge is -2.08. The first kappa shape index (κ1) is 16.1. The second kappa shape index (κ2) is 6.81. The fourth-order valence-electron chi connectivity index (χ4n) is 2.35. The van der Waals surface area contributed by atoms with Crippen molar-refractivity contribution in [2.75, 3.05) is 12.4 Å². The summed E-state index contributed by atoms with van der Waals surface area (Å²) < 4.78 is 10.9. The number of ether oxygens (including phenoxy) is 1. The summed E-state index contributed by atoms with van der Waals surface area (Å²) >= 11 is 5.95. The minimum atomic E-state index is -0.299. The van der Waals surface area contributed by atoms with Crippen LogP contribution < -0.4 is 10.1 Å². The van der Waals surface area contributed by atoms with Crippen molar-refractivity contribution in [3.63, 3.8) is 0 Å². The number of rotatable bonds is 4. The Morgan fingerprint density at radius 2 is 2.04 bits per heavy atom. The van der Waals surface area contributed by atoms with Gasteiger partial charge >= 0.3 is 0 Å². The molecule has 24 heavy (non-hydrogen) atoms. The highest BCUT2D eigenvalue weighted by Gasteiger charge is 2.07. The number of hydrogen-bond donors (Lipinski definition) is 1. The molecule has 5 heteroatoms. The van der Waals surface area contributed by atoms with E-state index in [9.17, 15) is 4.79 Å². The lowest BCUT2D eigenvalue weighted by Crippen LogP contribution is -2.08. The highest BCUT2D eigenvalue weighted by atomic mass is 35.5. The fourth-order valence-corrected chi connectivity index (χ4v) is 2.52. The minimum absolute atomic E-state index is 0.299. The maximum atomic E-state index is 12.1. The zero-order valence-electron chi connectivity index (χ0n) is 13.3. The van der Waals surface area contributed by atoms with Crippen LogP contribution in [-0.4, -0.2) is 13.0 Å². The number of carbonyl (C=O) groups is 1. The van der Waals surface area contributed by atoms with Gasteiger partial charge in [-0.1, -0.05) is 23.7 Å². The molecule has 0 aliphatic rings.